The van der Waals surface area contributed by atoms with E-state index in [9.17, 15) is 4.79 Å². The van der Waals surface area contributed by atoms with Crippen LogP contribution in [0.15, 0.2) is 42.7 Å². The molecule has 2 aromatic rings. The van der Waals surface area contributed by atoms with Crippen LogP contribution in [0.4, 0.5) is 0 Å². The summed E-state index contributed by atoms with van der Waals surface area (Å²) in [6.07, 6.45) is 9.93. The maximum atomic E-state index is 12.7. The van der Waals surface area contributed by atoms with Gasteiger partial charge in [0, 0.05) is 18.4 Å². The normalized spacial score (nSPS) is 15.9. The van der Waals surface area contributed by atoms with Gasteiger partial charge in [-0.15, -0.1) is 0 Å². The SMILES string of the molecule is Cc1cccc(C(=O)NC2CCCCC2)c1-n1cccc1. The lowest BCUT2D eigenvalue weighted by atomic mass is 9.95. The van der Waals surface area contributed by atoms with Gasteiger partial charge < -0.3 is 9.88 Å². The Morgan fingerprint density at radius 1 is 1.10 bits per heavy atom. The first-order valence-electron chi connectivity index (χ1n) is 7.79. The summed E-state index contributed by atoms with van der Waals surface area (Å²) in [7, 11) is 0. The van der Waals surface area contributed by atoms with Gasteiger partial charge in [-0.25, -0.2) is 0 Å². The minimum absolute atomic E-state index is 0.0503. The van der Waals surface area contributed by atoms with Crippen LogP contribution in [0.2, 0.25) is 0 Å². The summed E-state index contributed by atoms with van der Waals surface area (Å²) < 4.78 is 2.02. The predicted octanol–water partition coefficient (Wildman–Crippen LogP) is 3.85. The summed E-state index contributed by atoms with van der Waals surface area (Å²) in [5, 5.41) is 3.21. The van der Waals surface area contributed by atoms with Gasteiger partial charge in [0.15, 0.2) is 0 Å². The molecule has 1 heterocycles. The molecule has 3 rings (SSSR count). The Morgan fingerprint density at radius 3 is 2.52 bits per heavy atom. The molecule has 1 amide bonds. The molecule has 0 saturated heterocycles. The average molecular weight is 282 g/mol. The monoisotopic (exact) mass is 282 g/mol. The van der Waals surface area contributed by atoms with Gasteiger partial charge in [-0.3, -0.25) is 4.79 Å². The number of para-hydroxylation sites is 1. The largest absolute Gasteiger partial charge is 0.349 e. The number of aromatic nitrogens is 1. The molecule has 1 aromatic heterocycles. The number of benzene rings is 1. The van der Waals surface area contributed by atoms with Crippen molar-refractivity contribution >= 4 is 5.91 Å². The van der Waals surface area contributed by atoms with Crippen molar-refractivity contribution in [2.45, 2.75) is 45.1 Å². The van der Waals surface area contributed by atoms with Crippen LogP contribution in [0.1, 0.15) is 48.0 Å². The number of hydrogen-bond acceptors (Lipinski definition) is 1. The molecular formula is C18H22N2O. The van der Waals surface area contributed by atoms with Crippen molar-refractivity contribution in [2.75, 3.05) is 0 Å². The molecule has 110 valence electrons. The second-order valence-corrected chi connectivity index (χ2v) is 5.87. The summed E-state index contributed by atoms with van der Waals surface area (Å²) in [4.78, 5) is 12.7. The zero-order valence-corrected chi connectivity index (χ0v) is 12.5. The maximum absolute atomic E-state index is 12.7. The first-order chi connectivity index (χ1) is 10.3. The fraction of sp³-hybridized carbons (Fsp3) is 0.389. The molecule has 1 fully saturated rings. The quantitative estimate of drug-likeness (QED) is 0.911. The van der Waals surface area contributed by atoms with Gasteiger partial charge >= 0.3 is 0 Å². The Bertz CT molecular complexity index is 610. The Morgan fingerprint density at radius 2 is 1.81 bits per heavy atom. The van der Waals surface area contributed by atoms with Crippen molar-refractivity contribution in [1.29, 1.82) is 0 Å². The van der Waals surface area contributed by atoms with Crippen molar-refractivity contribution in [3.05, 3.63) is 53.9 Å². The van der Waals surface area contributed by atoms with Crippen LogP contribution < -0.4 is 5.32 Å². The third-order valence-corrected chi connectivity index (χ3v) is 4.29. The second-order valence-electron chi connectivity index (χ2n) is 5.87. The van der Waals surface area contributed by atoms with E-state index in [0.717, 1.165) is 29.7 Å². The van der Waals surface area contributed by atoms with Gasteiger partial charge in [0.1, 0.15) is 0 Å². The van der Waals surface area contributed by atoms with Crippen LogP contribution in [-0.2, 0) is 0 Å². The Labute approximate surface area is 126 Å². The predicted molar refractivity (Wildman–Crippen MR) is 84.8 cm³/mol. The molecular weight excluding hydrogens is 260 g/mol. The van der Waals surface area contributed by atoms with Gasteiger partial charge in [0.05, 0.1) is 11.3 Å². The topological polar surface area (TPSA) is 34.0 Å². The van der Waals surface area contributed by atoms with Gasteiger partial charge in [0.25, 0.3) is 5.91 Å². The molecule has 3 nitrogen and oxygen atoms in total. The van der Waals surface area contributed by atoms with E-state index in [0.29, 0.717) is 6.04 Å². The van der Waals surface area contributed by atoms with Crippen molar-refractivity contribution in [3.8, 4) is 5.69 Å². The van der Waals surface area contributed by atoms with Crippen LogP contribution >= 0.6 is 0 Å². The first kappa shape index (κ1) is 13.9. The summed E-state index contributed by atoms with van der Waals surface area (Å²) in [6.45, 7) is 2.05. The van der Waals surface area contributed by atoms with Crippen LogP contribution in [0.25, 0.3) is 5.69 Å². The number of nitrogens with zero attached hydrogens (tertiary/aromatic N) is 1. The minimum atomic E-state index is 0.0503. The number of aryl methyl sites for hydroxylation is 1. The lowest BCUT2D eigenvalue weighted by Crippen LogP contribution is -2.36. The van der Waals surface area contributed by atoms with E-state index in [1.54, 1.807) is 0 Å². The third kappa shape index (κ3) is 3.02. The Hall–Kier alpha value is -2.03. The average Bonchev–Trinajstić information content (AvgIpc) is 3.02. The van der Waals surface area contributed by atoms with Crippen LogP contribution in [0.5, 0.6) is 0 Å². The van der Waals surface area contributed by atoms with Crippen molar-refractivity contribution in [3.63, 3.8) is 0 Å². The van der Waals surface area contributed by atoms with Crippen LogP contribution in [0, 0.1) is 6.92 Å². The number of carbonyl (C=O) groups is 1. The van der Waals surface area contributed by atoms with E-state index >= 15 is 0 Å². The van der Waals surface area contributed by atoms with Gasteiger partial charge in [-0.05, 0) is 43.5 Å². The van der Waals surface area contributed by atoms with Crippen LogP contribution in [0.3, 0.4) is 0 Å². The number of carbonyl (C=O) groups excluding carboxylic acids is 1. The summed E-state index contributed by atoms with van der Waals surface area (Å²) in [5.74, 6) is 0.0503. The van der Waals surface area contributed by atoms with E-state index in [1.165, 1.54) is 19.3 Å². The molecule has 0 bridgehead atoms. The summed E-state index contributed by atoms with van der Waals surface area (Å²) >= 11 is 0. The highest BCUT2D eigenvalue weighted by atomic mass is 16.1. The molecule has 0 spiro atoms. The summed E-state index contributed by atoms with van der Waals surface area (Å²) in [5.41, 5.74) is 2.86. The lowest BCUT2D eigenvalue weighted by molar-refractivity contribution is 0.0927. The molecule has 0 aliphatic heterocycles. The minimum Gasteiger partial charge on any atom is -0.349 e. The van der Waals surface area contributed by atoms with E-state index in [4.69, 9.17) is 0 Å². The van der Waals surface area contributed by atoms with Crippen molar-refractivity contribution < 1.29 is 4.79 Å². The Balaban J connectivity index is 1.87. The fourth-order valence-corrected chi connectivity index (χ4v) is 3.18. The van der Waals surface area contributed by atoms with Crippen molar-refractivity contribution in [2.24, 2.45) is 0 Å². The van der Waals surface area contributed by atoms with Gasteiger partial charge in [0.2, 0.25) is 0 Å². The molecule has 1 N–H and O–H groups in total. The standard InChI is InChI=1S/C18H22N2O/c1-14-8-7-11-16(17(14)20-12-5-6-13-20)18(21)19-15-9-3-2-4-10-15/h5-8,11-13,15H,2-4,9-10H2,1H3,(H,19,21). The number of rotatable bonds is 3. The summed E-state index contributed by atoms with van der Waals surface area (Å²) in [6, 6.07) is 10.2. The molecule has 0 atom stereocenters. The maximum Gasteiger partial charge on any atom is 0.253 e. The lowest BCUT2D eigenvalue weighted by Gasteiger charge is -2.23. The number of nitrogens with one attached hydrogen (secondary N) is 1. The molecule has 3 heteroatoms. The van der Waals surface area contributed by atoms with Crippen molar-refractivity contribution in [1.82, 2.24) is 9.88 Å². The van der Waals surface area contributed by atoms with Gasteiger partial charge in [-0.1, -0.05) is 31.4 Å². The van der Waals surface area contributed by atoms with E-state index in [1.807, 2.05) is 54.2 Å². The molecule has 1 aliphatic carbocycles. The molecule has 21 heavy (non-hydrogen) atoms. The molecule has 1 saturated carbocycles. The molecule has 0 radical (unpaired) electrons. The smallest absolute Gasteiger partial charge is 0.253 e. The zero-order chi connectivity index (χ0) is 14.7. The fourth-order valence-electron chi connectivity index (χ4n) is 3.18. The molecule has 0 unspecified atom stereocenters. The highest BCUT2D eigenvalue weighted by molar-refractivity contribution is 5.98. The zero-order valence-electron chi connectivity index (χ0n) is 12.5. The molecule has 1 aliphatic rings. The first-order valence-corrected chi connectivity index (χ1v) is 7.79. The highest BCUT2D eigenvalue weighted by Gasteiger charge is 2.19. The van der Waals surface area contributed by atoms with Gasteiger partial charge in [-0.2, -0.15) is 0 Å². The molecule has 1 aromatic carbocycles. The number of amides is 1. The number of hydrogen-bond donors (Lipinski definition) is 1. The third-order valence-electron chi connectivity index (χ3n) is 4.29. The van der Waals surface area contributed by atoms with E-state index < -0.39 is 0 Å². The van der Waals surface area contributed by atoms with E-state index in [-0.39, 0.29) is 5.91 Å². The Kier molecular flexibility index (Phi) is 4.09. The van der Waals surface area contributed by atoms with Crippen LogP contribution in [-0.4, -0.2) is 16.5 Å². The highest BCUT2D eigenvalue weighted by Crippen LogP contribution is 2.22. The van der Waals surface area contributed by atoms with E-state index in [2.05, 4.69) is 5.32 Å². The second kappa shape index (κ2) is 6.17.